The highest BCUT2D eigenvalue weighted by Crippen LogP contribution is 2.38. The molecule has 3 heteroatoms. The van der Waals surface area contributed by atoms with Gasteiger partial charge in [0, 0.05) is 28.2 Å². The van der Waals surface area contributed by atoms with Crippen molar-refractivity contribution in [3.05, 3.63) is 35.8 Å². The van der Waals surface area contributed by atoms with E-state index in [-0.39, 0.29) is 5.82 Å². The average Bonchev–Trinajstić information content (AvgIpc) is 2.87. The first-order chi connectivity index (χ1) is 7.71. The Kier molecular flexibility index (Phi) is 2.04. The summed E-state index contributed by atoms with van der Waals surface area (Å²) in [4.78, 5) is 3.01. The van der Waals surface area contributed by atoms with Crippen LogP contribution in [-0.2, 0) is 5.54 Å². The van der Waals surface area contributed by atoms with Gasteiger partial charge < -0.3 is 10.7 Å². The topological polar surface area (TPSA) is 41.8 Å². The van der Waals surface area contributed by atoms with Gasteiger partial charge in [-0.25, -0.2) is 4.39 Å². The molecule has 0 amide bonds. The zero-order valence-electron chi connectivity index (χ0n) is 9.09. The van der Waals surface area contributed by atoms with Crippen molar-refractivity contribution in [2.24, 2.45) is 5.73 Å². The van der Waals surface area contributed by atoms with Crippen LogP contribution in [0.5, 0.6) is 0 Å². The summed E-state index contributed by atoms with van der Waals surface area (Å²) in [6, 6.07) is 5.52. The van der Waals surface area contributed by atoms with Crippen LogP contribution in [0.3, 0.4) is 0 Å². The van der Waals surface area contributed by atoms with Crippen LogP contribution in [0.25, 0.3) is 10.9 Å². The van der Waals surface area contributed by atoms with E-state index in [1.807, 2.05) is 12.1 Å². The smallest absolute Gasteiger partial charge is 0.137 e. The monoisotopic (exact) mass is 218 g/mol. The van der Waals surface area contributed by atoms with Gasteiger partial charge in [0.2, 0.25) is 0 Å². The van der Waals surface area contributed by atoms with E-state index in [0.29, 0.717) is 10.9 Å². The molecule has 0 aliphatic heterocycles. The highest BCUT2D eigenvalue weighted by Gasteiger charge is 2.34. The summed E-state index contributed by atoms with van der Waals surface area (Å²) in [5.74, 6) is -0.150. The van der Waals surface area contributed by atoms with Crippen molar-refractivity contribution in [3.8, 4) is 0 Å². The summed E-state index contributed by atoms with van der Waals surface area (Å²) < 4.78 is 14.3. The molecule has 1 heterocycles. The Bertz CT molecular complexity index is 524. The Balaban J connectivity index is 2.19. The number of aromatic amines is 1. The molecule has 2 aromatic rings. The highest BCUT2D eigenvalue weighted by atomic mass is 19.1. The highest BCUT2D eigenvalue weighted by molar-refractivity contribution is 5.81. The van der Waals surface area contributed by atoms with Gasteiger partial charge in [0.25, 0.3) is 0 Å². The molecule has 1 aromatic carbocycles. The second kappa shape index (κ2) is 3.32. The first-order valence-corrected chi connectivity index (χ1v) is 5.76. The number of nitrogens with one attached hydrogen (secondary N) is 1. The lowest BCUT2D eigenvalue weighted by Gasteiger charge is -2.24. The van der Waals surface area contributed by atoms with Crippen LogP contribution in [0, 0.1) is 5.82 Å². The molecule has 0 bridgehead atoms. The van der Waals surface area contributed by atoms with Gasteiger partial charge in [-0.15, -0.1) is 0 Å². The molecule has 84 valence electrons. The number of fused-ring (bicyclic) bond motifs is 1. The lowest BCUT2D eigenvalue weighted by atomic mass is 9.88. The van der Waals surface area contributed by atoms with Crippen molar-refractivity contribution >= 4 is 10.9 Å². The maximum Gasteiger partial charge on any atom is 0.137 e. The molecule has 0 atom stereocenters. The summed E-state index contributed by atoms with van der Waals surface area (Å²) in [5.41, 5.74) is 7.36. The molecular formula is C13H15FN2. The lowest BCUT2D eigenvalue weighted by Crippen LogP contribution is -2.34. The molecular weight excluding hydrogens is 203 g/mol. The minimum Gasteiger partial charge on any atom is -0.361 e. The molecule has 0 saturated heterocycles. The van der Waals surface area contributed by atoms with E-state index in [0.717, 1.165) is 31.2 Å². The quantitative estimate of drug-likeness (QED) is 0.759. The first kappa shape index (κ1) is 9.85. The van der Waals surface area contributed by atoms with Crippen LogP contribution in [-0.4, -0.2) is 4.98 Å². The minimum atomic E-state index is -0.449. The summed E-state index contributed by atoms with van der Waals surface area (Å²) in [6.45, 7) is 0. The fourth-order valence-corrected chi connectivity index (χ4v) is 2.76. The third kappa shape index (κ3) is 1.28. The van der Waals surface area contributed by atoms with Crippen LogP contribution in [0.2, 0.25) is 0 Å². The van der Waals surface area contributed by atoms with E-state index in [4.69, 9.17) is 5.73 Å². The maximum absolute atomic E-state index is 14.3. The summed E-state index contributed by atoms with van der Waals surface area (Å²) in [6.07, 6.45) is 5.73. The van der Waals surface area contributed by atoms with E-state index in [2.05, 4.69) is 4.98 Å². The Morgan fingerprint density at radius 3 is 2.69 bits per heavy atom. The minimum absolute atomic E-state index is 0.150. The van der Waals surface area contributed by atoms with Crippen molar-refractivity contribution in [2.75, 3.05) is 0 Å². The molecule has 0 radical (unpaired) electrons. The third-order valence-electron chi connectivity index (χ3n) is 3.70. The Morgan fingerprint density at radius 1 is 1.19 bits per heavy atom. The van der Waals surface area contributed by atoms with Crippen molar-refractivity contribution in [1.29, 1.82) is 0 Å². The summed E-state index contributed by atoms with van der Waals surface area (Å²) >= 11 is 0. The van der Waals surface area contributed by atoms with Gasteiger partial charge in [0.1, 0.15) is 5.82 Å². The number of benzene rings is 1. The predicted molar refractivity (Wildman–Crippen MR) is 62.6 cm³/mol. The van der Waals surface area contributed by atoms with Crippen molar-refractivity contribution in [2.45, 2.75) is 31.2 Å². The molecule has 3 N–H and O–H groups in total. The van der Waals surface area contributed by atoms with Crippen molar-refractivity contribution in [1.82, 2.24) is 4.98 Å². The van der Waals surface area contributed by atoms with Gasteiger partial charge in [-0.05, 0) is 25.0 Å². The van der Waals surface area contributed by atoms with Gasteiger partial charge in [-0.1, -0.05) is 18.9 Å². The second-order valence-electron chi connectivity index (χ2n) is 4.73. The molecule has 1 aromatic heterocycles. The van der Waals surface area contributed by atoms with Gasteiger partial charge >= 0.3 is 0 Å². The van der Waals surface area contributed by atoms with E-state index < -0.39 is 5.54 Å². The molecule has 3 rings (SSSR count). The molecule has 0 spiro atoms. The van der Waals surface area contributed by atoms with Crippen LogP contribution in [0.4, 0.5) is 4.39 Å². The fraction of sp³-hybridized carbons (Fsp3) is 0.385. The fourth-order valence-electron chi connectivity index (χ4n) is 2.76. The Hall–Kier alpha value is -1.35. The molecule has 2 nitrogen and oxygen atoms in total. The molecule has 16 heavy (non-hydrogen) atoms. The Morgan fingerprint density at radius 2 is 1.94 bits per heavy atom. The normalized spacial score (nSPS) is 19.4. The van der Waals surface area contributed by atoms with Crippen LogP contribution >= 0.6 is 0 Å². The molecule has 0 unspecified atom stereocenters. The number of nitrogens with two attached hydrogens (primary N) is 1. The maximum atomic E-state index is 14.3. The summed E-state index contributed by atoms with van der Waals surface area (Å²) in [7, 11) is 0. The van der Waals surface area contributed by atoms with E-state index in [1.54, 1.807) is 12.3 Å². The number of halogens is 1. The standard InChI is InChI=1S/C13H15FN2/c14-12-9-5-8-16-11(9)4-3-10(12)13(15)6-1-2-7-13/h3-5,8,16H,1-2,6-7,15H2. The number of hydrogen-bond acceptors (Lipinski definition) is 1. The van der Waals surface area contributed by atoms with E-state index in [9.17, 15) is 4.39 Å². The van der Waals surface area contributed by atoms with Crippen LogP contribution in [0.15, 0.2) is 24.4 Å². The van der Waals surface area contributed by atoms with E-state index >= 15 is 0 Å². The predicted octanol–water partition coefficient (Wildman–Crippen LogP) is 3.04. The largest absolute Gasteiger partial charge is 0.361 e. The van der Waals surface area contributed by atoms with Crippen molar-refractivity contribution in [3.63, 3.8) is 0 Å². The molecule has 1 aliphatic rings. The van der Waals surface area contributed by atoms with Crippen LogP contribution in [0.1, 0.15) is 31.2 Å². The zero-order chi connectivity index (χ0) is 11.2. The van der Waals surface area contributed by atoms with Crippen molar-refractivity contribution < 1.29 is 4.39 Å². The van der Waals surface area contributed by atoms with Gasteiger partial charge in [0.05, 0.1) is 0 Å². The number of hydrogen-bond donors (Lipinski definition) is 2. The number of H-pyrrole nitrogens is 1. The third-order valence-corrected chi connectivity index (χ3v) is 3.70. The lowest BCUT2D eigenvalue weighted by molar-refractivity contribution is 0.436. The number of rotatable bonds is 1. The summed E-state index contributed by atoms with van der Waals surface area (Å²) in [5, 5.41) is 0.647. The van der Waals surface area contributed by atoms with Gasteiger partial charge in [-0.3, -0.25) is 0 Å². The number of aromatic nitrogens is 1. The Labute approximate surface area is 93.6 Å². The molecule has 1 saturated carbocycles. The second-order valence-corrected chi connectivity index (χ2v) is 4.73. The SMILES string of the molecule is NC1(c2ccc3[nH]ccc3c2F)CCCC1. The molecule has 1 aliphatic carbocycles. The first-order valence-electron chi connectivity index (χ1n) is 5.76. The zero-order valence-corrected chi connectivity index (χ0v) is 9.09. The van der Waals surface area contributed by atoms with Crippen LogP contribution < -0.4 is 5.73 Å². The average molecular weight is 218 g/mol. The van der Waals surface area contributed by atoms with Gasteiger partial charge in [-0.2, -0.15) is 0 Å². The molecule has 1 fully saturated rings. The van der Waals surface area contributed by atoms with Gasteiger partial charge in [0.15, 0.2) is 0 Å². The van der Waals surface area contributed by atoms with E-state index in [1.165, 1.54) is 0 Å².